The van der Waals surface area contributed by atoms with E-state index in [0.29, 0.717) is 6.04 Å². The lowest BCUT2D eigenvalue weighted by Gasteiger charge is -2.19. The molecule has 0 atom stereocenters. The predicted molar refractivity (Wildman–Crippen MR) is 82.4 cm³/mol. The number of para-hydroxylation sites is 1. The number of nitrogens with zero attached hydrogens (tertiary/aromatic N) is 3. The molecule has 1 fully saturated rings. The molecule has 1 saturated carbocycles. The molecule has 1 heterocycles. The summed E-state index contributed by atoms with van der Waals surface area (Å²) in [4.78, 5) is 10.8. The molecule has 1 aromatic heterocycles. The minimum atomic E-state index is 0.569. The van der Waals surface area contributed by atoms with Crippen LogP contribution in [0.3, 0.4) is 0 Å². The van der Waals surface area contributed by atoms with Gasteiger partial charge in [0.1, 0.15) is 18.0 Å². The van der Waals surface area contributed by atoms with Crippen molar-refractivity contribution in [2.24, 2.45) is 0 Å². The van der Waals surface area contributed by atoms with E-state index >= 15 is 0 Å². The van der Waals surface area contributed by atoms with Crippen molar-refractivity contribution >= 4 is 17.3 Å². The van der Waals surface area contributed by atoms with Gasteiger partial charge in [-0.1, -0.05) is 31.0 Å². The Hall–Kier alpha value is -2.10. The quantitative estimate of drug-likeness (QED) is 0.920. The van der Waals surface area contributed by atoms with Crippen molar-refractivity contribution < 1.29 is 0 Å². The van der Waals surface area contributed by atoms with Crippen LogP contribution in [-0.4, -0.2) is 23.1 Å². The summed E-state index contributed by atoms with van der Waals surface area (Å²) in [6, 6.07) is 12.8. The third kappa shape index (κ3) is 2.90. The summed E-state index contributed by atoms with van der Waals surface area (Å²) >= 11 is 0. The van der Waals surface area contributed by atoms with Crippen LogP contribution in [0.5, 0.6) is 0 Å². The van der Waals surface area contributed by atoms with Gasteiger partial charge in [-0.15, -0.1) is 0 Å². The van der Waals surface area contributed by atoms with Crippen molar-refractivity contribution in [2.45, 2.75) is 31.7 Å². The first-order chi connectivity index (χ1) is 9.83. The van der Waals surface area contributed by atoms with Crippen molar-refractivity contribution in [1.29, 1.82) is 0 Å². The molecule has 1 aliphatic rings. The van der Waals surface area contributed by atoms with Crippen LogP contribution < -0.4 is 10.2 Å². The summed E-state index contributed by atoms with van der Waals surface area (Å²) in [5, 5.41) is 3.51. The number of aromatic nitrogens is 2. The summed E-state index contributed by atoms with van der Waals surface area (Å²) in [5.41, 5.74) is 1.12. The van der Waals surface area contributed by atoms with Crippen LogP contribution in [0, 0.1) is 0 Å². The highest BCUT2D eigenvalue weighted by molar-refractivity contribution is 5.61. The second kappa shape index (κ2) is 5.90. The fourth-order valence-corrected chi connectivity index (χ4v) is 2.67. The zero-order chi connectivity index (χ0) is 13.8. The number of anilines is 3. The minimum absolute atomic E-state index is 0.569. The van der Waals surface area contributed by atoms with Crippen molar-refractivity contribution in [2.75, 3.05) is 17.3 Å². The standard InChI is InChI=1S/C16H20N4/c1-20(14-9-3-2-4-10-14)16-11-15(17-12-18-16)19-13-7-5-6-8-13/h2-4,9-13H,5-8H2,1H3,(H,17,18,19). The van der Waals surface area contributed by atoms with E-state index in [1.165, 1.54) is 25.7 Å². The Morgan fingerprint density at radius 1 is 1.10 bits per heavy atom. The molecule has 20 heavy (non-hydrogen) atoms. The van der Waals surface area contributed by atoms with Gasteiger partial charge >= 0.3 is 0 Å². The van der Waals surface area contributed by atoms with Crippen LogP contribution in [0.15, 0.2) is 42.7 Å². The van der Waals surface area contributed by atoms with Crippen LogP contribution in [-0.2, 0) is 0 Å². The van der Waals surface area contributed by atoms with E-state index in [0.717, 1.165) is 17.3 Å². The third-order valence-electron chi connectivity index (χ3n) is 3.85. The second-order valence-corrected chi connectivity index (χ2v) is 5.28. The highest BCUT2D eigenvalue weighted by Gasteiger charge is 2.15. The van der Waals surface area contributed by atoms with Crippen LogP contribution in [0.25, 0.3) is 0 Å². The van der Waals surface area contributed by atoms with Gasteiger partial charge in [0.15, 0.2) is 0 Å². The Morgan fingerprint density at radius 2 is 1.85 bits per heavy atom. The first-order valence-corrected chi connectivity index (χ1v) is 7.20. The van der Waals surface area contributed by atoms with E-state index in [-0.39, 0.29) is 0 Å². The van der Waals surface area contributed by atoms with Gasteiger partial charge in [0, 0.05) is 24.8 Å². The molecule has 4 heteroatoms. The molecule has 0 spiro atoms. The average Bonchev–Trinajstić information content (AvgIpc) is 3.01. The molecule has 2 aromatic rings. The maximum atomic E-state index is 4.37. The SMILES string of the molecule is CN(c1ccccc1)c1cc(NC2CCCC2)ncn1. The molecule has 0 aliphatic heterocycles. The molecule has 3 rings (SSSR count). The Balaban J connectivity index is 1.76. The maximum Gasteiger partial charge on any atom is 0.138 e. The molecule has 4 nitrogen and oxygen atoms in total. The Kier molecular flexibility index (Phi) is 3.81. The van der Waals surface area contributed by atoms with Gasteiger partial charge in [-0.05, 0) is 25.0 Å². The molecule has 0 saturated heterocycles. The fourth-order valence-electron chi connectivity index (χ4n) is 2.67. The topological polar surface area (TPSA) is 41.0 Å². The number of nitrogens with one attached hydrogen (secondary N) is 1. The monoisotopic (exact) mass is 268 g/mol. The molecule has 1 N–H and O–H groups in total. The first-order valence-electron chi connectivity index (χ1n) is 7.20. The predicted octanol–water partition coefficient (Wildman–Crippen LogP) is 3.60. The molecule has 1 aromatic carbocycles. The van der Waals surface area contributed by atoms with Crippen molar-refractivity contribution in [1.82, 2.24) is 9.97 Å². The third-order valence-corrected chi connectivity index (χ3v) is 3.85. The minimum Gasteiger partial charge on any atom is -0.367 e. The fraction of sp³-hybridized carbons (Fsp3) is 0.375. The lowest BCUT2D eigenvalue weighted by atomic mass is 10.2. The van der Waals surface area contributed by atoms with Crippen molar-refractivity contribution in [3.8, 4) is 0 Å². The summed E-state index contributed by atoms with van der Waals surface area (Å²) in [6.45, 7) is 0. The van der Waals surface area contributed by atoms with Gasteiger partial charge < -0.3 is 10.2 Å². The Morgan fingerprint density at radius 3 is 2.60 bits per heavy atom. The van der Waals surface area contributed by atoms with Crippen LogP contribution in [0.2, 0.25) is 0 Å². The van der Waals surface area contributed by atoms with Crippen LogP contribution in [0.4, 0.5) is 17.3 Å². The molecule has 104 valence electrons. The Labute approximate surface area is 119 Å². The number of hydrogen-bond acceptors (Lipinski definition) is 4. The van der Waals surface area contributed by atoms with Crippen molar-refractivity contribution in [3.05, 3.63) is 42.7 Å². The van der Waals surface area contributed by atoms with E-state index < -0.39 is 0 Å². The van der Waals surface area contributed by atoms with Crippen LogP contribution in [0.1, 0.15) is 25.7 Å². The van der Waals surface area contributed by atoms with E-state index in [9.17, 15) is 0 Å². The highest BCUT2D eigenvalue weighted by Crippen LogP contribution is 2.25. The van der Waals surface area contributed by atoms with E-state index in [1.807, 2.05) is 31.3 Å². The summed E-state index contributed by atoms with van der Waals surface area (Å²) in [6.07, 6.45) is 6.76. The molecule has 1 aliphatic carbocycles. The smallest absolute Gasteiger partial charge is 0.138 e. The van der Waals surface area contributed by atoms with Gasteiger partial charge in [0.25, 0.3) is 0 Å². The van der Waals surface area contributed by atoms with Gasteiger partial charge in [-0.25, -0.2) is 9.97 Å². The van der Waals surface area contributed by atoms with Gasteiger partial charge in [-0.3, -0.25) is 0 Å². The zero-order valence-corrected chi connectivity index (χ0v) is 11.8. The van der Waals surface area contributed by atoms with E-state index in [2.05, 4.69) is 32.3 Å². The summed E-state index contributed by atoms with van der Waals surface area (Å²) < 4.78 is 0. The molecule has 0 amide bonds. The molecule has 0 radical (unpaired) electrons. The lowest BCUT2D eigenvalue weighted by Crippen LogP contribution is -2.17. The molecular formula is C16H20N4. The van der Waals surface area contributed by atoms with Gasteiger partial charge in [0.05, 0.1) is 0 Å². The highest BCUT2D eigenvalue weighted by atomic mass is 15.2. The molecular weight excluding hydrogens is 248 g/mol. The summed E-state index contributed by atoms with van der Waals surface area (Å²) in [5.74, 6) is 1.83. The first kappa shape index (κ1) is 12.9. The average molecular weight is 268 g/mol. The van der Waals surface area contributed by atoms with Crippen LogP contribution >= 0.6 is 0 Å². The lowest BCUT2D eigenvalue weighted by molar-refractivity contribution is 0.749. The normalized spacial score (nSPS) is 15.2. The van der Waals surface area contributed by atoms with Gasteiger partial charge in [-0.2, -0.15) is 0 Å². The second-order valence-electron chi connectivity index (χ2n) is 5.28. The summed E-state index contributed by atoms with van der Waals surface area (Å²) in [7, 11) is 2.02. The number of rotatable bonds is 4. The largest absolute Gasteiger partial charge is 0.367 e. The molecule has 0 unspecified atom stereocenters. The van der Waals surface area contributed by atoms with Crippen molar-refractivity contribution in [3.63, 3.8) is 0 Å². The van der Waals surface area contributed by atoms with E-state index in [1.54, 1.807) is 6.33 Å². The zero-order valence-electron chi connectivity index (χ0n) is 11.8. The van der Waals surface area contributed by atoms with Gasteiger partial charge in [0.2, 0.25) is 0 Å². The molecule has 0 bridgehead atoms. The maximum absolute atomic E-state index is 4.37. The Bertz CT molecular complexity index is 549. The number of benzene rings is 1. The van der Waals surface area contributed by atoms with E-state index in [4.69, 9.17) is 0 Å². The number of hydrogen-bond donors (Lipinski definition) is 1.